The molecule has 2 fully saturated rings. The van der Waals surface area contributed by atoms with Crippen molar-refractivity contribution in [1.82, 2.24) is 9.55 Å². The number of ketones is 1. The van der Waals surface area contributed by atoms with Crippen LogP contribution in [0, 0.1) is 5.92 Å². The van der Waals surface area contributed by atoms with Crippen molar-refractivity contribution in [1.29, 1.82) is 0 Å². The van der Waals surface area contributed by atoms with Gasteiger partial charge in [0.05, 0.1) is 18.5 Å². The van der Waals surface area contributed by atoms with Gasteiger partial charge in [0.25, 0.3) is 0 Å². The number of imidazole rings is 1. The third-order valence-electron chi connectivity index (χ3n) is 3.89. The third kappa shape index (κ3) is 2.08. The molecule has 3 heterocycles. The van der Waals surface area contributed by atoms with E-state index in [4.69, 9.17) is 9.47 Å². The van der Waals surface area contributed by atoms with Crippen molar-refractivity contribution < 1.29 is 14.3 Å². The average Bonchev–Trinajstić information content (AvgIpc) is 2.98. The van der Waals surface area contributed by atoms with Gasteiger partial charge in [-0.15, -0.1) is 0 Å². The van der Waals surface area contributed by atoms with Gasteiger partial charge in [-0.05, 0) is 12.8 Å². The van der Waals surface area contributed by atoms with Crippen molar-refractivity contribution in [2.24, 2.45) is 13.0 Å². The van der Waals surface area contributed by atoms with E-state index in [1.54, 1.807) is 17.1 Å². The van der Waals surface area contributed by atoms with E-state index < -0.39 is 0 Å². The Hall–Kier alpha value is -1.20. The third-order valence-corrected chi connectivity index (χ3v) is 3.89. The highest BCUT2D eigenvalue weighted by Crippen LogP contribution is 2.36. The maximum absolute atomic E-state index is 12.4. The molecule has 0 aromatic carbocycles. The number of nitrogens with zero attached hydrogens (tertiary/aromatic N) is 2. The van der Waals surface area contributed by atoms with Gasteiger partial charge in [0.2, 0.25) is 0 Å². The SMILES string of the molecule is Cn1cnc(C(=O)C2CCOC3(CCOC3)C2)c1. The van der Waals surface area contributed by atoms with Gasteiger partial charge in [0.15, 0.2) is 5.78 Å². The maximum Gasteiger partial charge on any atom is 0.186 e. The number of rotatable bonds is 2. The molecule has 0 bridgehead atoms. The molecule has 1 spiro atoms. The second kappa shape index (κ2) is 4.48. The van der Waals surface area contributed by atoms with Crippen LogP contribution < -0.4 is 0 Å². The number of aryl methyl sites for hydroxylation is 1. The molecule has 0 amide bonds. The van der Waals surface area contributed by atoms with Crippen LogP contribution in [0.1, 0.15) is 29.8 Å². The van der Waals surface area contributed by atoms with E-state index in [2.05, 4.69) is 4.98 Å². The van der Waals surface area contributed by atoms with Crippen LogP contribution in [0.15, 0.2) is 12.5 Å². The van der Waals surface area contributed by atoms with E-state index in [1.165, 1.54) is 0 Å². The average molecular weight is 250 g/mol. The summed E-state index contributed by atoms with van der Waals surface area (Å²) >= 11 is 0. The van der Waals surface area contributed by atoms with Crippen molar-refractivity contribution in [3.63, 3.8) is 0 Å². The molecule has 5 nitrogen and oxygen atoms in total. The normalized spacial score (nSPS) is 31.9. The molecular formula is C13H18N2O3. The van der Waals surface area contributed by atoms with Crippen molar-refractivity contribution in [3.05, 3.63) is 18.2 Å². The zero-order valence-electron chi connectivity index (χ0n) is 10.6. The molecule has 1 aromatic heterocycles. The molecule has 3 rings (SSSR count). The fourth-order valence-electron chi connectivity index (χ4n) is 2.86. The molecule has 2 aliphatic heterocycles. The Morgan fingerprint density at radius 2 is 2.44 bits per heavy atom. The lowest BCUT2D eigenvalue weighted by atomic mass is 9.82. The van der Waals surface area contributed by atoms with Gasteiger partial charge in [0.1, 0.15) is 5.69 Å². The van der Waals surface area contributed by atoms with Crippen molar-refractivity contribution in [3.8, 4) is 0 Å². The molecule has 0 N–H and O–H groups in total. The number of carbonyl (C=O) groups is 1. The summed E-state index contributed by atoms with van der Waals surface area (Å²) in [4.78, 5) is 16.5. The number of hydrogen-bond donors (Lipinski definition) is 0. The van der Waals surface area contributed by atoms with Crippen LogP contribution in [-0.4, -0.2) is 40.8 Å². The predicted octanol–water partition coefficient (Wildman–Crippen LogP) is 1.19. The van der Waals surface area contributed by atoms with E-state index in [-0.39, 0.29) is 17.3 Å². The lowest BCUT2D eigenvalue weighted by molar-refractivity contribution is -0.0921. The minimum atomic E-state index is -0.215. The van der Waals surface area contributed by atoms with Crippen LogP contribution in [-0.2, 0) is 16.5 Å². The number of Topliss-reactive ketones (excluding diaryl/α,β-unsaturated/α-hetero) is 1. The topological polar surface area (TPSA) is 53.4 Å². The summed E-state index contributed by atoms with van der Waals surface area (Å²) in [5.74, 6) is 0.167. The zero-order valence-corrected chi connectivity index (χ0v) is 10.6. The Balaban J connectivity index is 1.74. The van der Waals surface area contributed by atoms with Crippen LogP contribution in [0.3, 0.4) is 0 Å². The van der Waals surface area contributed by atoms with Crippen LogP contribution in [0.5, 0.6) is 0 Å². The molecule has 2 unspecified atom stereocenters. The monoisotopic (exact) mass is 250 g/mol. The molecule has 2 aliphatic rings. The summed E-state index contributed by atoms with van der Waals surface area (Å²) in [5, 5.41) is 0. The van der Waals surface area contributed by atoms with Gasteiger partial charge in [-0.1, -0.05) is 0 Å². The Morgan fingerprint density at radius 3 is 3.11 bits per heavy atom. The minimum absolute atomic E-state index is 0.0235. The quantitative estimate of drug-likeness (QED) is 0.740. The minimum Gasteiger partial charge on any atom is -0.378 e. The summed E-state index contributed by atoms with van der Waals surface area (Å²) in [5.41, 5.74) is 0.353. The number of carbonyl (C=O) groups excluding carboxylic acids is 1. The molecule has 98 valence electrons. The summed E-state index contributed by atoms with van der Waals surface area (Å²) in [6.07, 6.45) is 5.91. The van der Waals surface area contributed by atoms with Crippen LogP contribution in [0.25, 0.3) is 0 Å². The lowest BCUT2D eigenvalue weighted by Crippen LogP contribution is -2.42. The van der Waals surface area contributed by atoms with Crippen molar-refractivity contribution >= 4 is 5.78 Å². The summed E-state index contributed by atoms with van der Waals surface area (Å²) in [6.45, 7) is 2.01. The molecule has 0 aliphatic carbocycles. The smallest absolute Gasteiger partial charge is 0.186 e. The van der Waals surface area contributed by atoms with Gasteiger partial charge < -0.3 is 14.0 Å². The predicted molar refractivity (Wildman–Crippen MR) is 64.4 cm³/mol. The maximum atomic E-state index is 12.4. The van der Waals surface area contributed by atoms with Crippen LogP contribution >= 0.6 is 0 Å². The van der Waals surface area contributed by atoms with Crippen molar-refractivity contribution in [2.45, 2.75) is 24.9 Å². The van der Waals surface area contributed by atoms with E-state index in [0.717, 1.165) is 25.9 Å². The molecule has 2 saturated heterocycles. The van der Waals surface area contributed by atoms with Crippen LogP contribution in [0.4, 0.5) is 0 Å². The largest absolute Gasteiger partial charge is 0.378 e. The summed E-state index contributed by atoms with van der Waals surface area (Å²) in [7, 11) is 1.88. The Labute approximate surface area is 106 Å². The van der Waals surface area contributed by atoms with E-state index in [1.807, 2.05) is 7.05 Å². The summed E-state index contributed by atoms with van der Waals surface area (Å²) in [6, 6.07) is 0. The van der Waals surface area contributed by atoms with Gasteiger partial charge >= 0.3 is 0 Å². The van der Waals surface area contributed by atoms with Gasteiger partial charge in [-0.2, -0.15) is 0 Å². The van der Waals surface area contributed by atoms with Crippen molar-refractivity contribution in [2.75, 3.05) is 19.8 Å². The Kier molecular flexibility index (Phi) is 2.95. The zero-order chi connectivity index (χ0) is 12.6. The molecule has 0 radical (unpaired) electrons. The number of ether oxygens (including phenoxy) is 2. The Bertz CT molecular complexity index is 449. The molecule has 2 atom stereocenters. The van der Waals surface area contributed by atoms with E-state index in [0.29, 0.717) is 18.9 Å². The first-order chi connectivity index (χ1) is 8.69. The fraction of sp³-hybridized carbons (Fsp3) is 0.692. The number of hydrogen-bond acceptors (Lipinski definition) is 4. The first-order valence-corrected chi connectivity index (χ1v) is 6.42. The van der Waals surface area contributed by atoms with Gasteiger partial charge in [-0.3, -0.25) is 4.79 Å². The first-order valence-electron chi connectivity index (χ1n) is 6.42. The van der Waals surface area contributed by atoms with Gasteiger partial charge in [0, 0.05) is 38.8 Å². The van der Waals surface area contributed by atoms with E-state index >= 15 is 0 Å². The number of aromatic nitrogens is 2. The highest BCUT2D eigenvalue weighted by Gasteiger charge is 2.43. The second-order valence-corrected chi connectivity index (χ2v) is 5.31. The highest BCUT2D eigenvalue weighted by molar-refractivity contribution is 5.96. The molecular weight excluding hydrogens is 232 g/mol. The molecule has 1 aromatic rings. The fourth-order valence-corrected chi connectivity index (χ4v) is 2.86. The first kappa shape index (κ1) is 11.9. The Morgan fingerprint density at radius 1 is 1.56 bits per heavy atom. The molecule has 0 saturated carbocycles. The van der Waals surface area contributed by atoms with E-state index in [9.17, 15) is 4.79 Å². The lowest BCUT2D eigenvalue weighted by Gasteiger charge is -2.36. The summed E-state index contributed by atoms with van der Waals surface area (Å²) < 4.78 is 13.1. The second-order valence-electron chi connectivity index (χ2n) is 5.31. The molecule has 18 heavy (non-hydrogen) atoms. The molecule has 5 heteroatoms. The standard InChI is InChI=1S/C13H18N2O3/c1-15-7-11(14-9-15)12(16)10-2-4-18-13(6-10)3-5-17-8-13/h7,9-10H,2-6,8H2,1H3. The van der Waals surface area contributed by atoms with Gasteiger partial charge in [-0.25, -0.2) is 4.98 Å². The highest BCUT2D eigenvalue weighted by atomic mass is 16.6. The van der Waals surface area contributed by atoms with Crippen LogP contribution in [0.2, 0.25) is 0 Å².